The number of hydrogen-bond donors (Lipinski definition) is 1. The predicted octanol–water partition coefficient (Wildman–Crippen LogP) is 5.83. The molecule has 0 aliphatic carbocycles. The van der Waals surface area contributed by atoms with E-state index in [2.05, 4.69) is 32.7 Å². The van der Waals surface area contributed by atoms with Crippen molar-refractivity contribution in [3.63, 3.8) is 0 Å². The van der Waals surface area contributed by atoms with Crippen LogP contribution in [0.4, 0.5) is 5.69 Å². The molecule has 27 heavy (non-hydrogen) atoms. The van der Waals surface area contributed by atoms with Gasteiger partial charge >= 0.3 is 0 Å². The number of benzene rings is 2. The second kappa shape index (κ2) is 8.37. The fraction of sp³-hybridized carbons (Fsp3) is 0.150. The molecule has 0 fully saturated rings. The van der Waals surface area contributed by atoms with Crippen LogP contribution in [-0.4, -0.2) is 19.1 Å². The van der Waals surface area contributed by atoms with Crippen molar-refractivity contribution in [1.29, 1.82) is 0 Å². The number of amides is 1. The van der Waals surface area contributed by atoms with E-state index in [-0.39, 0.29) is 5.91 Å². The van der Waals surface area contributed by atoms with E-state index in [1.165, 1.54) is 4.88 Å². The average Bonchev–Trinajstić information content (AvgIpc) is 3.21. The highest BCUT2D eigenvalue weighted by Crippen LogP contribution is 2.38. The van der Waals surface area contributed by atoms with E-state index in [9.17, 15) is 4.79 Å². The van der Waals surface area contributed by atoms with Gasteiger partial charge in [0.1, 0.15) is 13.2 Å². The summed E-state index contributed by atoms with van der Waals surface area (Å²) in [6.07, 6.45) is 0. The molecule has 1 aliphatic heterocycles. The van der Waals surface area contributed by atoms with Gasteiger partial charge in [-0.3, -0.25) is 4.79 Å². The molecule has 0 atom stereocenters. The van der Waals surface area contributed by atoms with Gasteiger partial charge in [-0.1, -0.05) is 18.2 Å². The lowest BCUT2D eigenvalue weighted by Gasteiger charge is -2.20. The van der Waals surface area contributed by atoms with Gasteiger partial charge in [0.25, 0.3) is 5.91 Å². The number of thiophene rings is 1. The van der Waals surface area contributed by atoms with Crippen LogP contribution in [0.25, 0.3) is 0 Å². The molecule has 3 aromatic rings. The normalized spacial score (nSPS) is 12.6. The number of fused-ring (bicyclic) bond motifs is 1. The molecule has 2 heterocycles. The SMILES string of the molecule is O=C(Nc1cc2c(cc1Br)OCCO2)c1ccccc1SCc1cccs1. The summed E-state index contributed by atoms with van der Waals surface area (Å²) in [4.78, 5) is 15.1. The average molecular weight is 462 g/mol. The molecule has 0 radical (unpaired) electrons. The molecule has 1 aliphatic rings. The van der Waals surface area contributed by atoms with Gasteiger partial charge in [-0.25, -0.2) is 0 Å². The summed E-state index contributed by atoms with van der Waals surface area (Å²) in [6, 6.07) is 15.4. The summed E-state index contributed by atoms with van der Waals surface area (Å²) < 4.78 is 11.9. The minimum absolute atomic E-state index is 0.151. The van der Waals surface area contributed by atoms with Crippen LogP contribution in [0.15, 0.2) is 63.3 Å². The molecule has 1 amide bonds. The van der Waals surface area contributed by atoms with E-state index >= 15 is 0 Å². The number of halogens is 1. The van der Waals surface area contributed by atoms with Crippen LogP contribution in [0.2, 0.25) is 0 Å². The summed E-state index contributed by atoms with van der Waals surface area (Å²) in [6.45, 7) is 1.03. The third-order valence-corrected chi connectivity index (χ3v) is 6.80. The van der Waals surface area contributed by atoms with Gasteiger partial charge in [0.05, 0.1) is 11.3 Å². The fourth-order valence-corrected chi connectivity index (χ4v) is 4.92. The number of thioether (sulfide) groups is 1. The standard InChI is InChI=1S/C20H16BrNO3S2/c21-15-10-17-18(25-8-7-24-17)11-16(15)22-20(23)14-5-1-2-6-19(14)27-12-13-4-3-9-26-13/h1-6,9-11H,7-8,12H2,(H,22,23). The highest BCUT2D eigenvalue weighted by molar-refractivity contribution is 9.10. The number of rotatable bonds is 5. The maximum absolute atomic E-state index is 12.9. The highest BCUT2D eigenvalue weighted by Gasteiger charge is 2.18. The Hall–Kier alpha value is -1.96. The second-order valence-electron chi connectivity index (χ2n) is 5.79. The number of hydrogen-bond acceptors (Lipinski definition) is 5. The van der Waals surface area contributed by atoms with Crippen molar-refractivity contribution in [3.05, 3.63) is 68.8 Å². The van der Waals surface area contributed by atoms with Gasteiger partial charge in [0.15, 0.2) is 11.5 Å². The maximum atomic E-state index is 12.9. The third-order valence-electron chi connectivity index (χ3n) is 3.96. The second-order valence-corrected chi connectivity index (χ2v) is 8.70. The lowest BCUT2D eigenvalue weighted by atomic mass is 10.2. The van der Waals surface area contributed by atoms with Gasteiger partial charge in [0, 0.05) is 32.1 Å². The predicted molar refractivity (Wildman–Crippen MR) is 113 cm³/mol. The first-order chi connectivity index (χ1) is 13.2. The van der Waals surface area contributed by atoms with Crippen LogP contribution < -0.4 is 14.8 Å². The lowest BCUT2D eigenvalue weighted by molar-refractivity contribution is 0.102. The number of carbonyl (C=O) groups is 1. The van der Waals surface area contributed by atoms with E-state index in [1.807, 2.05) is 36.4 Å². The van der Waals surface area contributed by atoms with Crippen molar-refractivity contribution in [2.75, 3.05) is 18.5 Å². The van der Waals surface area contributed by atoms with Crippen molar-refractivity contribution >= 4 is 50.6 Å². The van der Waals surface area contributed by atoms with Crippen LogP contribution in [-0.2, 0) is 5.75 Å². The number of ether oxygens (including phenoxy) is 2. The molecule has 4 rings (SSSR count). The molecule has 0 bridgehead atoms. The Bertz CT molecular complexity index is 960. The topological polar surface area (TPSA) is 47.6 Å². The molecule has 0 spiro atoms. The van der Waals surface area contributed by atoms with Crippen molar-refractivity contribution in [2.24, 2.45) is 0 Å². The first-order valence-electron chi connectivity index (χ1n) is 8.35. The van der Waals surface area contributed by atoms with Gasteiger partial charge in [-0.15, -0.1) is 23.1 Å². The van der Waals surface area contributed by atoms with E-state index in [0.29, 0.717) is 36.0 Å². The molecule has 0 unspecified atom stereocenters. The molecular weight excluding hydrogens is 446 g/mol. The molecule has 1 aromatic heterocycles. The van der Waals surface area contributed by atoms with Gasteiger partial charge in [0.2, 0.25) is 0 Å². The quantitative estimate of drug-likeness (QED) is 0.485. The maximum Gasteiger partial charge on any atom is 0.256 e. The van der Waals surface area contributed by atoms with Crippen molar-refractivity contribution in [3.8, 4) is 11.5 Å². The minimum atomic E-state index is -0.151. The van der Waals surface area contributed by atoms with E-state index in [0.717, 1.165) is 15.1 Å². The molecule has 138 valence electrons. The van der Waals surface area contributed by atoms with Crippen LogP contribution in [0.3, 0.4) is 0 Å². The number of anilines is 1. The van der Waals surface area contributed by atoms with Crippen LogP contribution >= 0.6 is 39.0 Å². The zero-order chi connectivity index (χ0) is 18.6. The van der Waals surface area contributed by atoms with Gasteiger partial charge in [-0.2, -0.15) is 0 Å². The van der Waals surface area contributed by atoms with Crippen molar-refractivity contribution in [1.82, 2.24) is 0 Å². The molecule has 0 saturated heterocycles. The fourth-order valence-electron chi connectivity index (χ4n) is 2.67. The zero-order valence-electron chi connectivity index (χ0n) is 14.2. The molecule has 1 N–H and O–H groups in total. The van der Waals surface area contributed by atoms with Crippen LogP contribution in [0.1, 0.15) is 15.2 Å². The number of carbonyl (C=O) groups excluding carboxylic acids is 1. The summed E-state index contributed by atoms with van der Waals surface area (Å²) >= 11 is 6.88. The third kappa shape index (κ3) is 4.31. The Balaban J connectivity index is 1.53. The zero-order valence-corrected chi connectivity index (χ0v) is 17.5. The summed E-state index contributed by atoms with van der Waals surface area (Å²) in [7, 11) is 0. The van der Waals surface area contributed by atoms with E-state index in [4.69, 9.17) is 9.47 Å². The molecule has 2 aromatic carbocycles. The summed E-state index contributed by atoms with van der Waals surface area (Å²) in [5.41, 5.74) is 1.31. The first kappa shape index (κ1) is 18.4. The monoisotopic (exact) mass is 461 g/mol. The minimum Gasteiger partial charge on any atom is -0.486 e. The molecule has 4 nitrogen and oxygen atoms in total. The Morgan fingerprint density at radius 2 is 1.89 bits per heavy atom. The largest absolute Gasteiger partial charge is 0.486 e. The smallest absolute Gasteiger partial charge is 0.256 e. The van der Waals surface area contributed by atoms with E-state index in [1.54, 1.807) is 29.2 Å². The Kier molecular flexibility index (Phi) is 5.71. The van der Waals surface area contributed by atoms with Crippen LogP contribution in [0, 0.1) is 0 Å². The molecule has 0 saturated carbocycles. The highest BCUT2D eigenvalue weighted by atomic mass is 79.9. The van der Waals surface area contributed by atoms with Crippen molar-refractivity contribution in [2.45, 2.75) is 10.6 Å². The van der Waals surface area contributed by atoms with Gasteiger partial charge in [-0.05, 0) is 39.5 Å². The van der Waals surface area contributed by atoms with Crippen molar-refractivity contribution < 1.29 is 14.3 Å². The summed E-state index contributed by atoms with van der Waals surface area (Å²) in [5.74, 6) is 2.01. The summed E-state index contributed by atoms with van der Waals surface area (Å²) in [5, 5.41) is 5.04. The van der Waals surface area contributed by atoms with Crippen LogP contribution in [0.5, 0.6) is 11.5 Å². The lowest BCUT2D eigenvalue weighted by Crippen LogP contribution is -2.17. The molecule has 7 heteroatoms. The molecular formula is C20H16BrNO3S2. The number of nitrogens with one attached hydrogen (secondary N) is 1. The Morgan fingerprint density at radius 3 is 2.67 bits per heavy atom. The van der Waals surface area contributed by atoms with E-state index < -0.39 is 0 Å². The van der Waals surface area contributed by atoms with Gasteiger partial charge < -0.3 is 14.8 Å². The Labute approximate surface area is 174 Å². The first-order valence-corrected chi connectivity index (χ1v) is 11.0. The Morgan fingerprint density at radius 1 is 1.11 bits per heavy atom.